The van der Waals surface area contributed by atoms with E-state index < -0.39 is 0 Å². The summed E-state index contributed by atoms with van der Waals surface area (Å²) in [5.41, 5.74) is 0. The van der Waals surface area contributed by atoms with Crippen LogP contribution in [0.2, 0.25) is 0 Å². The van der Waals surface area contributed by atoms with E-state index >= 15 is 0 Å². The van der Waals surface area contributed by atoms with Crippen molar-refractivity contribution in [2.45, 2.75) is 79.4 Å². The van der Waals surface area contributed by atoms with Gasteiger partial charge in [-0.2, -0.15) is 0 Å². The van der Waals surface area contributed by atoms with Gasteiger partial charge in [0.2, 0.25) is 0 Å². The summed E-state index contributed by atoms with van der Waals surface area (Å²) in [5, 5.41) is 16.7. The summed E-state index contributed by atoms with van der Waals surface area (Å²) >= 11 is 0. The fourth-order valence-corrected chi connectivity index (χ4v) is 0.695. The molecule has 8 nitrogen and oxygen atoms in total. The van der Waals surface area contributed by atoms with E-state index in [1.54, 1.807) is 27.7 Å². The summed E-state index contributed by atoms with van der Waals surface area (Å²) in [6.07, 6.45) is 4.18. The Morgan fingerprint density at radius 2 is 1.00 bits per heavy atom. The maximum Gasteiger partial charge on any atom is 2.00 e. The standard InChI is InChI=1S/2C6H9O3.2C4H10O.Ti/c2*1-2-9-5-6(8)3-4-7;2*1-3-4(2)5;/h2*2-3,5H2,1H3;2*4-5H,3H2,1-2H3;/q2*-1;;;+2. The number of aliphatic hydroxyl groups excluding tert-OH is 2. The van der Waals surface area contributed by atoms with Gasteiger partial charge in [0.15, 0.2) is 0 Å². The number of ketones is 2. The molecule has 0 bridgehead atoms. The molecule has 0 amide bonds. The number of hydrogen-bond donors (Lipinski definition) is 2. The quantitative estimate of drug-likeness (QED) is 0.259. The van der Waals surface area contributed by atoms with Crippen LogP contribution in [0.15, 0.2) is 0 Å². The van der Waals surface area contributed by atoms with Gasteiger partial charge < -0.3 is 29.3 Å². The van der Waals surface area contributed by atoms with Gasteiger partial charge in [0, 0.05) is 13.2 Å². The second-order valence-corrected chi connectivity index (χ2v) is 5.51. The number of rotatable bonds is 12. The van der Waals surface area contributed by atoms with E-state index in [0.29, 0.717) is 13.2 Å². The van der Waals surface area contributed by atoms with E-state index in [-0.39, 0.29) is 71.5 Å². The molecule has 0 fully saturated rings. The van der Waals surface area contributed by atoms with Crippen LogP contribution >= 0.6 is 0 Å². The Morgan fingerprint density at radius 3 is 1.14 bits per heavy atom. The van der Waals surface area contributed by atoms with Gasteiger partial charge in [-0.1, -0.05) is 26.7 Å². The zero-order valence-corrected chi connectivity index (χ0v) is 20.2. The summed E-state index contributed by atoms with van der Waals surface area (Å²) in [6, 6.07) is 0. The van der Waals surface area contributed by atoms with Crippen molar-refractivity contribution in [1.29, 1.82) is 0 Å². The Bertz CT molecular complexity index is 326. The molecule has 0 radical (unpaired) electrons. The van der Waals surface area contributed by atoms with Gasteiger partial charge >= 0.3 is 21.7 Å². The molecule has 2 unspecified atom stereocenters. The molecular formula is C20H38O8Ti. The number of hydrogen-bond acceptors (Lipinski definition) is 8. The zero-order chi connectivity index (χ0) is 22.8. The fraction of sp³-hybridized carbons (Fsp3) is 0.800. The molecule has 0 aromatic rings. The number of carbonyl (C=O) groups excluding carboxylic acids is 4. The first-order valence-corrected chi connectivity index (χ1v) is 9.41. The second-order valence-electron chi connectivity index (χ2n) is 5.51. The number of aliphatic hydroxyl groups is 2. The first kappa shape index (κ1) is 38.8. The van der Waals surface area contributed by atoms with Crippen molar-refractivity contribution >= 4 is 24.1 Å². The summed E-state index contributed by atoms with van der Waals surface area (Å²) in [4.78, 5) is 40.0. The van der Waals surface area contributed by atoms with Crippen molar-refractivity contribution in [2.24, 2.45) is 0 Å². The molecule has 0 aliphatic carbocycles. The molecule has 9 heteroatoms. The predicted octanol–water partition coefficient (Wildman–Crippen LogP) is 1.74. The summed E-state index contributed by atoms with van der Waals surface area (Å²) in [6.45, 7) is 12.1. The average Bonchev–Trinajstić information content (AvgIpc) is 2.66. The summed E-state index contributed by atoms with van der Waals surface area (Å²) < 4.78 is 9.44. The normalized spacial score (nSPS) is 10.8. The van der Waals surface area contributed by atoms with Crippen LogP contribution in [0.5, 0.6) is 0 Å². The van der Waals surface area contributed by atoms with Gasteiger partial charge in [-0.3, -0.25) is 22.2 Å². The van der Waals surface area contributed by atoms with Gasteiger partial charge in [-0.25, -0.2) is 0 Å². The smallest absolute Gasteiger partial charge is 0.541 e. The van der Waals surface area contributed by atoms with Crippen molar-refractivity contribution in [2.75, 3.05) is 26.4 Å². The minimum atomic E-state index is -0.216. The van der Waals surface area contributed by atoms with Gasteiger partial charge in [-0.15, -0.1) is 0 Å². The third-order valence-electron chi connectivity index (χ3n) is 2.65. The van der Waals surface area contributed by atoms with Gasteiger partial charge in [0.1, 0.15) is 24.8 Å². The van der Waals surface area contributed by atoms with E-state index in [1.165, 1.54) is 12.6 Å². The van der Waals surface area contributed by atoms with Crippen LogP contribution in [0.3, 0.4) is 0 Å². The topological polar surface area (TPSA) is 127 Å². The van der Waals surface area contributed by atoms with Crippen molar-refractivity contribution in [3.05, 3.63) is 0 Å². The molecule has 0 saturated heterocycles. The Labute approximate surface area is 190 Å². The molecule has 0 aromatic carbocycles. The number of carbonyl (C=O) groups is 2. The number of Topliss-reactive ketones (excluding diaryl/α,β-unsaturated/α-hetero) is 2. The maximum absolute atomic E-state index is 10.4. The van der Waals surface area contributed by atoms with E-state index in [0.717, 1.165) is 12.8 Å². The zero-order valence-electron chi connectivity index (χ0n) is 18.7. The van der Waals surface area contributed by atoms with Crippen LogP contribution in [0, 0.1) is 0 Å². The van der Waals surface area contributed by atoms with Crippen LogP contribution in [0.1, 0.15) is 67.2 Å². The van der Waals surface area contributed by atoms with E-state index in [2.05, 4.69) is 0 Å². The van der Waals surface area contributed by atoms with Crippen molar-refractivity contribution in [3.8, 4) is 0 Å². The molecule has 0 aromatic heterocycles. The summed E-state index contributed by atoms with van der Waals surface area (Å²) in [7, 11) is 0. The third kappa shape index (κ3) is 58.4. The molecule has 2 N–H and O–H groups in total. The molecule has 0 aliphatic heterocycles. The van der Waals surface area contributed by atoms with Gasteiger partial charge in [-0.05, 0) is 40.5 Å². The SMILES string of the molecule is CCC(C)O.CCC(C)O.CCOCC(=O)C[C-]=O.CCOCC(=O)C[C-]=O.[Ti+2]. The van der Waals surface area contributed by atoms with Crippen molar-refractivity contribution in [1.82, 2.24) is 0 Å². The molecule has 0 heterocycles. The third-order valence-corrected chi connectivity index (χ3v) is 2.65. The van der Waals surface area contributed by atoms with Crippen LogP contribution < -0.4 is 0 Å². The minimum absolute atomic E-state index is 0. The minimum Gasteiger partial charge on any atom is -0.541 e. The molecule has 2 atom stereocenters. The molecule has 0 spiro atoms. The first-order chi connectivity index (χ1) is 13.2. The van der Waals surface area contributed by atoms with E-state index in [1.807, 2.05) is 13.8 Å². The summed E-state index contributed by atoms with van der Waals surface area (Å²) in [5.74, 6) is -0.432. The van der Waals surface area contributed by atoms with Crippen LogP contribution in [-0.4, -0.2) is 73.0 Å². The number of ether oxygens (including phenoxy) is 2. The van der Waals surface area contributed by atoms with E-state index in [9.17, 15) is 19.2 Å². The monoisotopic (exact) mass is 454 g/mol. The van der Waals surface area contributed by atoms with Crippen LogP contribution in [0.25, 0.3) is 0 Å². The van der Waals surface area contributed by atoms with Gasteiger partial charge in [0.25, 0.3) is 0 Å². The van der Waals surface area contributed by atoms with Crippen molar-refractivity contribution < 1.29 is 60.6 Å². The Kier molecular flexibility index (Phi) is 46.4. The molecule has 170 valence electrons. The van der Waals surface area contributed by atoms with Gasteiger partial charge in [0.05, 0.1) is 12.2 Å². The molecule has 29 heavy (non-hydrogen) atoms. The van der Waals surface area contributed by atoms with Crippen molar-refractivity contribution in [3.63, 3.8) is 0 Å². The van der Waals surface area contributed by atoms with Crippen LogP contribution in [-0.2, 0) is 50.4 Å². The Hall–Kier alpha value is -0.766. The largest absolute Gasteiger partial charge is 2.00 e. The average molecular weight is 454 g/mol. The maximum atomic E-state index is 10.4. The molecular weight excluding hydrogens is 416 g/mol. The molecule has 0 rings (SSSR count). The van der Waals surface area contributed by atoms with Crippen LogP contribution in [0.4, 0.5) is 0 Å². The van der Waals surface area contributed by atoms with E-state index in [4.69, 9.17) is 19.7 Å². The first-order valence-electron chi connectivity index (χ1n) is 9.41. The second kappa shape index (κ2) is 34.7. The molecule has 0 aliphatic rings. The Morgan fingerprint density at radius 1 is 0.759 bits per heavy atom. The Balaban J connectivity index is -0.0000000907. The molecule has 0 saturated carbocycles. The fourth-order valence-electron chi connectivity index (χ4n) is 0.695. The predicted molar refractivity (Wildman–Crippen MR) is 108 cm³/mol.